The maximum atomic E-state index is 13.8. The van der Waals surface area contributed by atoms with Crippen molar-refractivity contribution in [2.75, 3.05) is 14.2 Å². The number of esters is 1. The van der Waals surface area contributed by atoms with Crippen LogP contribution in [0.3, 0.4) is 0 Å². The van der Waals surface area contributed by atoms with Crippen LogP contribution in [0.25, 0.3) is 0 Å². The van der Waals surface area contributed by atoms with E-state index in [-0.39, 0.29) is 11.1 Å². The first-order valence-electron chi connectivity index (χ1n) is 13.3. The van der Waals surface area contributed by atoms with Crippen molar-refractivity contribution in [3.8, 4) is 5.75 Å². The number of hydrogen-bond acceptors (Lipinski definition) is 5. The van der Waals surface area contributed by atoms with E-state index in [4.69, 9.17) is 9.47 Å². The van der Waals surface area contributed by atoms with E-state index in [2.05, 4.69) is 5.32 Å². The van der Waals surface area contributed by atoms with Crippen LogP contribution in [0, 0.1) is 5.92 Å². The van der Waals surface area contributed by atoms with Gasteiger partial charge >= 0.3 is 5.97 Å². The average Bonchev–Trinajstić information content (AvgIpc) is 2.89. The fraction of sp³-hybridized carbons (Fsp3) is 0.552. The van der Waals surface area contributed by atoms with E-state index in [1.165, 1.54) is 39.9 Å². The lowest BCUT2D eigenvalue weighted by atomic mass is 9.88. The lowest BCUT2D eigenvalue weighted by molar-refractivity contribution is -0.143. The van der Waals surface area contributed by atoms with Crippen LogP contribution in [0.4, 0.5) is 0 Å². The number of methoxy groups -OCH3 is 2. The lowest BCUT2D eigenvalue weighted by Crippen LogP contribution is -2.40. The molecule has 0 saturated heterocycles. The van der Waals surface area contributed by atoms with Crippen LogP contribution in [-0.2, 0) is 28.9 Å². The zero-order valence-corrected chi connectivity index (χ0v) is 21.5. The number of amides is 1. The number of hydrogen-bond donors (Lipinski definition) is 1. The lowest BCUT2D eigenvalue weighted by Gasteiger charge is -2.27. The van der Waals surface area contributed by atoms with Gasteiger partial charge in [-0.15, -0.1) is 0 Å². The molecule has 1 N–H and O–H groups in total. The van der Waals surface area contributed by atoms with Gasteiger partial charge in [-0.1, -0.05) is 50.3 Å². The maximum absolute atomic E-state index is 13.8. The Bertz CT molecular complexity index is 1130. The van der Waals surface area contributed by atoms with Crippen LogP contribution < -0.4 is 15.6 Å². The van der Waals surface area contributed by atoms with E-state index in [0.717, 1.165) is 56.2 Å². The van der Waals surface area contributed by atoms with Crippen molar-refractivity contribution in [3.05, 3.63) is 63.1 Å². The molecule has 1 aromatic heterocycles. The van der Waals surface area contributed by atoms with Crippen molar-refractivity contribution < 1.29 is 19.1 Å². The molecule has 1 heterocycles. The predicted molar refractivity (Wildman–Crippen MR) is 138 cm³/mol. The van der Waals surface area contributed by atoms with E-state index >= 15 is 0 Å². The second-order valence-electron chi connectivity index (χ2n) is 10.0. The van der Waals surface area contributed by atoms with E-state index < -0.39 is 17.9 Å². The van der Waals surface area contributed by atoms with Crippen LogP contribution in [0.5, 0.6) is 5.75 Å². The first-order valence-corrected chi connectivity index (χ1v) is 13.3. The second kappa shape index (κ2) is 12.2. The molecule has 1 unspecified atom stereocenters. The molecule has 1 atom stereocenters. The Morgan fingerprint density at radius 3 is 2.42 bits per heavy atom. The number of ether oxygens (including phenoxy) is 2. The van der Waals surface area contributed by atoms with Crippen molar-refractivity contribution in [3.63, 3.8) is 0 Å². The summed E-state index contributed by atoms with van der Waals surface area (Å²) < 4.78 is 12.3. The van der Waals surface area contributed by atoms with Gasteiger partial charge in [0.25, 0.3) is 11.5 Å². The number of nitrogens with one attached hydrogen (secondary N) is 1. The number of fused-ring (bicyclic) bond motifs is 1. The molecule has 1 saturated carbocycles. The molecule has 1 amide bonds. The Labute approximate surface area is 213 Å². The number of aromatic nitrogens is 1. The quantitative estimate of drug-likeness (QED) is 0.562. The molecule has 0 radical (unpaired) electrons. The first kappa shape index (κ1) is 26.0. The topological polar surface area (TPSA) is 86.6 Å². The second-order valence-corrected chi connectivity index (χ2v) is 10.0. The van der Waals surface area contributed by atoms with Crippen LogP contribution in [0.1, 0.15) is 91.0 Å². The number of para-hydroxylation sites is 1. The van der Waals surface area contributed by atoms with Gasteiger partial charge in [0, 0.05) is 17.8 Å². The number of benzene rings is 1. The minimum Gasteiger partial charge on any atom is -0.496 e. The molecule has 4 rings (SSSR count). The third-order valence-electron chi connectivity index (χ3n) is 7.67. The summed E-state index contributed by atoms with van der Waals surface area (Å²) in [5.74, 6) is -0.271. The van der Waals surface area contributed by atoms with Gasteiger partial charge in [0.1, 0.15) is 11.3 Å². The van der Waals surface area contributed by atoms with Crippen molar-refractivity contribution in [1.82, 2.24) is 9.88 Å². The molecule has 0 bridgehead atoms. The van der Waals surface area contributed by atoms with Gasteiger partial charge in [0.05, 0.1) is 14.2 Å². The van der Waals surface area contributed by atoms with E-state index in [1.54, 1.807) is 30.3 Å². The summed E-state index contributed by atoms with van der Waals surface area (Å²) >= 11 is 0. The summed E-state index contributed by atoms with van der Waals surface area (Å²) in [6, 6.07) is 7.67. The van der Waals surface area contributed by atoms with Crippen LogP contribution in [-0.4, -0.2) is 30.7 Å². The largest absolute Gasteiger partial charge is 0.496 e. The zero-order valence-electron chi connectivity index (χ0n) is 21.5. The predicted octanol–water partition coefficient (Wildman–Crippen LogP) is 4.74. The molecule has 7 nitrogen and oxygen atoms in total. The Kier molecular flexibility index (Phi) is 8.83. The molecule has 0 aliphatic heterocycles. The number of rotatable bonds is 7. The zero-order chi connectivity index (χ0) is 25.5. The summed E-state index contributed by atoms with van der Waals surface area (Å²) in [5, 5.41) is 2.77. The standard InChI is InChI=1S/C29H38N2O5/c1-35-25-17-11-10-15-22(25)26(29(34)36-2)30-27(32)23-18-21-14-8-3-4-9-16-24(21)31(28(23)33)19-20-12-6-5-7-13-20/h10-11,15,17-18,20,26H,3-9,12-14,16,19H2,1-2H3,(H,30,32). The van der Waals surface area contributed by atoms with Crippen molar-refractivity contribution in [2.45, 2.75) is 83.2 Å². The monoisotopic (exact) mass is 494 g/mol. The van der Waals surface area contributed by atoms with Gasteiger partial charge in [-0.3, -0.25) is 9.59 Å². The SMILES string of the molecule is COC(=O)C(NC(=O)c1cc2c(n(CC3CCCCC3)c1=O)CCCCCC2)c1ccccc1OC. The van der Waals surface area contributed by atoms with E-state index in [1.807, 2.05) is 4.57 Å². The molecule has 36 heavy (non-hydrogen) atoms. The first-order chi connectivity index (χ1) is 17.5. The average molecular weight is 495 g/mol. The molecule has 0 spiro atoms. The van der Waals surface area contributed by atoms with Gasteiger partial charge in [-0.2, -0.15) is 0 Å². The maximum Gasteiger partial charge on any atom is 0.333 e. The van der Waals surface area contributed by atoms with E-state index in [0.29, 0.717) is 23.8 Å². The number of carbonyl (C=O) groups excluding carboxylic acids is 2. The number of aryl methyl sites for hydroxylation is 1. The van der Waals surface area contributed by atoms with Crippen LogP contribution in [0.2, 0.25) is 0 Å². The molecule has 1 aromatic carbocycles. The Morgan fingerprint density at radius 1 is 1.00 bits per heavy atom. The number of pyridine rings is 1. The summed E-state index contributed by atoms with van der Waals surface area (Å²) in [6.07, 6.45) is 12.0. The fourth-order valence-electron chi connectivity index (χ4n) is 5.71. The van der Waals surface area contributed by atoms with Gasteiger partial charge in [-0.05, 0) is 62.1 Å². The minimum absolute atomic E-state index is 0.0916. The minimum atomic E-state index is -1.09. The van der Waals surface area contributed by atoms with E-state index in [9.17, 15) is 14.4 Å². The van der Waals surface area contributed by atoms with Gasteiger partial charge < -0.3 is 19.4 Å². The van der Waals surface area contributed by atoms with Crippen molar-refractivity contribution in [1.29, 1.82) is 0 Å². The molecule has 7 heteroatoms. The molecule has 2 aliphatic carbocycles. The number of carbonyl (C=O) groups is 2. The van der Waals surface area contributed by atoms with Gasteiger partial charge in [-0.25, -0.2) is 4.79 Å². The highest BCUT2D eigenvalue weighted by Gasteiger charge is 2.29. The van der Waals surface area contributed by atoms with Gasteiger partial charge in [0.2, 0.25) is 0 Å². The Hall–Kier alpha value is -3.09. The summed E-state index contributed by atoms with van der Waals surface area (Å²) in [5.41, 5.74) is 2.49. The highest BCUT2D eigenvalue weighted by atomic mass is 16.5. The Balaban J connectivity index is 1.72. The fourth-order valence-corrected chi connectivity index (χ4v) is 5.71. The summed E-state index contributed by atoms with van der Waals surface area (Å²) in [4.78, 5) is 40.1. The highest BCUT2D eigenvalue weighted by Crippen LogP contribution is 2.28. The third-order valence-corrected chi connectivity index (χ3v) is 7.67. The Morgan fingerprint density at radius 2 is 1.69 bits per heavy atom. The van der Waals surface area contributed by atoms with Crippen LogP contribution in [0.15, 0.2) is 35.1 Å². The third kappa shape index (κ3) is 5.82. The van der Waals surface area contributed by atoms with Crippen molar-refractivity contribution >= 4 is 11.9 Å². The summed E-state index contributed by atoms with van der Waals surface area (Å²) in [6.45, 7) is 0.662. The van der Waals surface area contributed by atoms with Crippen molar-refractivity contribution in [2.24, 2.45) is 5.92 Å². The molecule has 2 aliphatic rings. The molecular formula is C29H38N2O5. The van der Waals surface area contributed by atoms with Gasteiger partial charge in [0.15, 0.2) is 6.04 Å². The number of nitrogens with zero attached hydrogens (tertiary/aromatic N) is 1. The molecule has 1 fully saturated rings. The highest BCUT2D eigenvalue weighted by molar-refractivity contribution is 5.97. The normalized spacial score (nSPS) is 17.3. The molecule has 194 valence electrons. The molecular weight excluding hydrogens is 456 g/mol. The smallest absolute Gasteiger partial charge is 0.333 e. The van der Waals surface area contributed by atoms with Crippen LogP contribution >= 0.6 is 0 Å². The molecule has 2 aromatic rings. The summed E-state index contributed by atoms with van der Waals surface area (Å²) in [7, 11) is 2.79.